The van der Waals surface area contributed by atoms with Crippen molar-refractivity contribution in [3.8, 4) is 17.1 Å². The first-order valence-corrected chi connectivity index (χ1v) is 8.66. The summed E-state index contributed by atoms with van der Waals surface area (Å²) >= 11 is 0. The van der Waals surface area contributed by atoms with Crippen LogP contribution < -0.4 is 15.4 Å². The number of benzene rings is 1. The van der Waals surface area contributed by atoms with Crippen molar-refractivity contribution in [2.75, 3.05) is 17.7 Å². The number of nitrogens with zero attached hydrogens (tertiary/aromatic N) is 3. The van der Waals surface area contributed by atoms with E-state index < -0.39 is 0 Å². The fraction of sp³-hybridized carbons (Fsp3) is 0.250. The number of ether oxygens (including phenoxy) is 1. The summed E-state index contributed by atoms with van der Waals surface area (Å²) in [6.45, 7) is 4.22. The van der Waals surface area contributed by atoms with Crippen LogP contribution in [0, 0.1) is 0 Å². The summed E-state index contributed by atoms with van der Waals surface area (Å²) in [4.78, 5) is 13.6. The predicted molar refractivity (Wildman–Crippen MR) is 105 cm³/mol. The van der Waals surface area contributed by atoms with Crippen LogP contribution in [0.2, 0.25) is 0 Å². The summed E-state index contributed by atoms with van der Waals surface area (Å²) < 4.78 is 5.28. The smallest absolute Gasteiger partial charge is 0.225 e. The van der Waals surface area contributed by atoms with E-state index in [1.807, 2.05) is 48.5 Å². The lowest BCUT2D eigenvalue weighted by Crippen LogP contribution is -2.16. The molecule has 0 aliphatic carbocycles. The summed E-state index contributed by atoms with van der Waals surface area (Å²) in [5, 5.41) is 6.66. The fourth-order valence-electron chi connectivity index (χ4n) is 2.39. The zero-order valence-electron chi connectivity index (χ0n) is 15.2. The van der Waals surface area contributed by atoms with E-state index in [9.17, 15) is 0 Å². The Labute approximate surface area is 153 Å². The fourth-order valence-corrected chi connectivity index (χ4v) is 2.39. The average Bonchev–Trinajstić information content (AvgIpc) is 2.68. The van der Waals surface area contributed by atoms with Crippen LogP contribution in [-0.2, 0) is 0 Å². The van der Waals surface area contributed by atoms with Crippen molar-refractivity contribution in [2.45, 2.75) is 26.3 Å². The van der Waals surface area contributed by atoms with Gasteiger partial charge in [-0.3, -0.25) is 4.98 Å². The van der Waals surface area contributed by atoms with Crippen molar-refractivity contribution >= 4 is 17.5 Å². The Morgan fingerprint density at radius 1 is 1.04 bits per heavy atom. The molecular formula is C20H23N5O. The van der Waals surface area contributed by atoms with Gasteiger partial charge in [0.1, 0.15) is 11.6 Å². The number of aromatic nitrogens is 3. The second kappa shape index (κ2) is 8.29. The van der Waals surface area contributed by atoms with E-state index in [2.05, 4.69) is 39.4 Å². The van der Waals surface area contributed by atoms with Gasteiger partial charge in [0, 0.05) is 30.1 Å². The molecule has 0 saturated carbocycles. The highest BCUT2D eigenvalue weighted by Crippen LogP contribution is 2.24. The third kappa shape index (κ3) is 4.47. The van der Waals surface area contributed by atoms with E-state index in [0.717, 1.165) is 29.2 Å². The van der Waals surface area contributed by atoms with Crippen molar-refractivity contribution in [3.63, 3.8) is 0 Å². The van der Waals surface area contributed by atoms with Crippen LogP contribution in [0.3, 0.4) is 0 Å². The molecule has 0 fully saturated rings. The highest BCUT2D eigenvalue weighted by molar-refractivity contribution is 5.65. The van der Waals surface area contributed by atoms with Gasteiger partial charge in [-0.05, 0) is 37.6 Å². The summed E-state index contributed by atoms with van der Waals surface area (Å²) in [5.41, 5.74) is 2.46. The van der Waals surface area contributed by atoms with Gasteiger partial charge < -0.3 is 15.4 Å². The molecule has 1 atom stereocenters. The number of hydrogen-bond donors (Lipinski definition) is 2. The third-order valence-electron chi connectivity index (χ3n) is 3.98. The van der Waals surface area contributed by atoms with Gasteiger partial charge in [-0.2, -0.15) is 4.98 Å². The lowest BCUT2D eigenvalue weighted by Gasteiger charge is -2.14. The largest absolute Gasteiger partial charge is 0.497 e. The van der Waals surface area contributed by atoms with Crippen LogP contribution in [0.4, 0.5) is 17.5 Å². The molecule has 0 aliphatic heterocycles. The lowest BCUT2D eigenvalue weighted by molar-refractivity contribution is 0.415. The van der Waals surface area contributed by atoms with Gasteiger partial charge in [0.25, 0.3) is 0 Å². The van der Waals surface area contributed by atoms with Gasteiger partial charge in [0.2, 0.25) is 5.95 Å². The summed E-state index contributed by atoms with van der Waals surface area (Å²) in [5.74, 6) is 2.06. The van der Waals surface area contributed by atoms with Crippen LogP contribution in [0.15, 0.2) is 54.7 Å². The molecule has 0 spiro atoms. The van der Waals surface area contributed by atoms with E-state index in [1.165, 1.54) is 0 Å². The number of nitrogens with one attached hydrogen (secondary N) is 2. The Balaban J connectivity index is 1.96. The number of hydrogen-bond acceptors (Lipinski definition) is 6. The normalized spacial score (nSPS) is 11.7. The first-order valence-electron chi connectivity index (χ1n) is 8.66. The maximum atomic E-state index is 5.28. The highest BCUT2D eigenvalue weighted by atomic mass is 16.5. The minimum absolute atomic E-state index is 0.277. The second-order valence-electron chi connectivity index (χ2n) is 5.99. The molecule has 0 unspecified atom stereocenters. The molecule has 0 amide bonds. The molecule has 2 aromatic heterocycles. The zero-order valence-corrected chi connectivity index (χ0v) is 15.2. The molecule has 0 radical (unpaired) electrons. The van der Waals surface area contributed by atoms with Gasteiger partial charge >= 0.3 is 0 Å². The lowest BCUT2D eigenvalue weighted by atomic mass is 10.2. The van der Waals surface area contributed by atoms with Crippen molar-refractivity contribution in [1.82, 2.24) is 15.0 Å². The molecule has 134 valence electrons. The van der Waals surface area contributed by atoms with Crippen LogP contribution in [-0.4, -0.2) is 28.1 Å². The second-order valence-corrected chi connectivity index (χ2v) is 5.99. The monoisotopic (exact) mass is 349 g/mol. The van der Waals surface area contributed by atoms with Crippen LogP contribution in [0.5, 0.6) is 5.75 Å². The van der Waals surface area contributed by atoms with Crippen molar-refractivity contribution in [3.05, 3.63) is 54.7 Å². The third-order valence-corrected chi connectivity index (χ3v) is 3.98. The molecule has 3 rings (SSSR count). The van der Waals surface area contributed by atoms with Gasteiger partial charge in [-0.25, -0.2) is 4.98 Å². The Hall–Kier alpha value is -3.15. The van der Waals surface area contributed by atoms with Gasteiger partial charge in [0.15, 0.2) is 0 Å². The maximum absolute atomic E-state index is 5.28. The molecule has 2 heterocycles. The molecule has 6 nitrogen and oxygen atoms in total. The van der Waals surface area contributed by atoms with Crippen molar-refractivity contribution in [1.29, 1.82) is 0 Å². The molecule has 2 N–H and O–H groups in total. The molecule has 0 saturated heterocycles. The first kappa shape index (κ1) is 17.7. The quantitative estimate of drug-likeness (QED) is 0.654. The molecule has 1 aromatic carbocycles. The molecule has 6 heteroatoms. The topological polar surface area (TPSA) is 72.0 Å². The highest BCUT2D eigenvalue weighted by Gasteiger charge is 2.10. The van der Waals surface area contributed by atoms with Crippen molar-refractivity contribution < 1.29 is 4.74 Å². The number of anilines is 3. The average molecular weight is 349 g/mol. The first-order chi connectivity index (χ1) is 12.7. The van der Waals surface area contributed by atoms with Gasteiger partial charge in [-0.1, -0.05) is 19.1 Å². The van der Waals surface area contributed by atoms with E-state index in [-0.39, 0.29) is 6.04 Å². The summed E-state index contributed by atoms with van der Waals surface area (Å²) in [6.07, 6.45) is 2.74. The van der Waals surface area contributed by atoms with Gasteiger partial charge in [0.05, 0.1) is 18.5 Å². The molecule has 3 aromatic rings. The Morgan fingerprint density at radius 2 is 1.92 bits per heavy atom. The molecule has 0 aliphatic rings. The Bertz CT molecular complexity index is 854. The van der Waals surface area contributed by atoms with E-state index in [4.69, 9.17) is 4.74 Å². The van der Waals surface area contributed by atoms with E-state index in [0.29, 0.717) is 11.8 Å². The Kier molecular flexibility index (Phi) is 5.63. The molecular weight excluding hydrogens is 326 g/mol. The maximum Gasteiger partial charge on any atom is 0.225 e. The van der Waals surface area contributed by atoms with Crippen LogP contribution in [0.25, 0.3) is 11.4 Å². The SMILES string of the molecule is CC[C@@H](C)Nc1nc(Nc2cccc(OC)c2)cc(-c2ccccn2)n1. The standard InChI is InChI=1S/C20H23N5O/c1-4-14(2)22-20-24-18(17-10-5-6-11-21-17)13-19(25-20)23-15-8-7-9-16(12-15)26-3/h5-14H,4H2,1-3H3,(H2,22,23,24,25)/t14-/m1/s1. The summed E-state index contributed by atoms with van der Waals surface area (Å²) in [6, 6.07) is 15.7. The van der Waals surface area contributed by atoms with Crippen LogP contribution in [0.1, 0.15) is 20.3 Å². The number of pyridine rings is 1. The van der Waals surface area contributed by atoms with Gasteiger partial charge in [-0.15, -0.1) is 0 Å². The van der Waals surface area contributed by atoms with Crippen LogP contribution >= 0.6 is 0 Å². The van der Waals surface area contributed by atoms with E-state index >= 15 is 0 Å². The van der Waals surface area contributed by atoms with E-state index in [1.54, 1.807) is 13.3 Å². The molecule has 0 bridgehead atoms. The predicted octanol–water partition coefficient (Wildman–Crippen LogP) is 4.50. The minimum Gasteiger partial charge on any atom is -0.497 e. The molecule has 26 heavy (non-hydrogen) atoms. The minimum atomic E-state index is 0.277. The number of rotatable bonds is 7. The number of methoxy groups -OCH3 is 1. The van der Waals surface area contributed by atoms with Crippen molar-refractivity contribution in [2.24, 2.45) is 0 Å². The Morgan fingerprint density at radius 3 is 2.65 bits per heavy atom. The summed E-state index contributed by atoms with van der Waals surface area (Å²) in [7, 11) is 1.65. The zero-order chi connectivity index (χ0) is 18.4.